The van der Waals surface area contributed by atoms with Gasteiger partial charge in [0, 0.05) is 19.3 Å². The second-order valence-electron chi connectivity index (χ2n) is 5.49. The van der Waals surface area contributed by atoms with Crippen LogP contribution in [0.3, 0.4) is 0 Å². The third-order valence-corrected chi connectivity index (χ3v) is 3.72. The molecule has 5 nitrogen and oxygen atoms in total. The average Bonchev–Trinajstić information content (AvgIpc) is 2.51. The standard InChI is InChI=1S/C16H22N4O/c1-3-8-18-15(21)11-20(2)16-13(10-17)9-12-6-4-5-7-14(12)19-16/h9H,3-8,11H2,1-2H3,(H,18,21). The van der Waals surface area contributed by atoms with E-state index >= 15 is 0 Å². The second kappa shape index (κ2) is 7.07. The average molecular weight is 286 g/mol. The predicted octanol–water partition coefficient (Wildman–Crippen LogP) is 1.79. The number of anilines is 1. The first-order chi connectivity index (χ1) is 10.2. The van der Waals surface area contributed by atoms with Gasteiger partial charge in [-0.2, -0.15) is 5.26 Å². The lowest BCUT2D eigenvalue weighted by atomic mass is 9.95. The number of aryl methyl sites for hydroxylation is 2. The lowest BCUT2D eigenvalue weighted by Crippen LogP contribution is -2.36. The topological polar surface area (TPSA) is 69.0 Å². The molecule has 2 rings (SSSR count). The van der Waals surface area contributed by atoms with Crippen molar-refractivity contribution in [2.24, 2.45) is 0 Å². The van der Waals surface area contributed by atoms with E-state index in [0.717, 1.165) is 37.8 Å². The van der Waals surface area contributed by atoms with Gasteiger partial charge >= 0.3 is 0 Å². The van der Waals surface area contributed by atoms with Gasteiger partial charge < -0.3 is 10.2 Å². The molecule has 0 saturated carbocycles. The third kappa shape index (κ3) is 3.72. The Morgan fingerprint density at radius 2 is 2.24 bits per heavy atom. The molecule has 1 aliphatic rings. The molecule has 0 atom stereocenters. The number of hydrogen-bond acceptors (Lipinski definition) is 4. The number of pyridine rings is 1. The number of hydrogen-bond donors (Lipinski definition) is 1. The molecule has 0 unspecified atom stereocenters. The van der Waals surface area contributed by atoms with Crippen molar-refractivity contribution in [3.8, 4) is 6.07 Å². The minimum Gasteiger partial charge on any atom is -0.355 e. The van der Waals surface area contributed by atoms with Gasteiger partial charge in [0.15, 0.2) is 0 Å². The van der Waals surface area contributed by atoms with Crippen LogP contribution in [-0.2, 0) is 17.6 Å². The monoisotopic (exact) mass is 286 g/mol. The highest BCUT2D eigenvalue weighted by atomic mass is 16.2. The molecule has 0 aliphatic heterocycles. The van der Waals surface area contributed by atoms with E-state index in [9.17, 15) is 10.1 Å². The zero-order chi connectivity index (χ0) is 15.2. The first kappa shape index (κ1) is 15.3. The summed E-state index contributed by atoms with van der Waals surface area (Å²) in [6, 6.07) is 4.15. The molecule has 112 valence electrons. The van der Waals surface area contributed by atoms with Crippen molar-refractivity contribution < 1.29 is 4.79 Å². The van der Waals surface area contributed by atoms with E-state index in [1.165, 1.54) is 5.56 Å². The Bertz CT molecular complexity index is 562. The fourth-order valence-electron chi connectivity index (χ4n) is 2.61. The summed E-state index contributed by atoms with van der Waals surface area (Å²) in [5.41, 5.74) is 2.82. The smallest absolute Gasteiger partial charge is 0.239 e. The van der Waals surface area contributed by atoms with Gasteiger partial charge in [-0.3, -0.25) is 4.79 Å². The number of carbonyl (C=O) groups excluding carboxylic acids is 1. The molecule has 1 amide bonds. The summed E-state index contributed by atoms with van der Waals surface area (Å²) < 4.78 is 0. The van der Waals surface area contributed by atoms with E-state index in [-0.39, 0.29) is 12.5 Å². The number of carbonyl (C=O) groups is 1. The molecule has 0 bridgehead atoms. The summed E-state index contributed by atoms with van der Waals surface area (Å²) in [7, 11) is 1.81. The lowest BCUT2D eigenvalue weighted by molar-refractivity contribution is -0.119. The molecule has 5 heteroatoms. The van der Waals surface area contributed by atoms with Crippen molar-refractivity contribution in [3.05, 3.63) is 22.9 Å². The SMILES string of the molecule is CCCNC(=O)CN(C)c1nc2c(cc1C#N)CCCC2. The molecule has 21 heavy (non-hydrogen) atoms. The number of fused-ring (bicyclic) bond motifs is 1. The van der Waals surface area contributed by atoms with E-state index in [1.807, 2.05) is 20.0 Å². The quantitative estimate of drug-likeness (QED) is 0.896. The van der Waals surface area contributed by atoms with E-state index in [2.05, 4.69) is 16.4 Å². The lowest BCUT2D eigenvalue weighted by Gasteiger charge is -2.22. The Morgan fingerprint density at radius 1 is 1.48 bits per heavy atom. The second-order valence-corrected chi connectivity index (χ2v) is 5.49. The van der Waals surface area contributed by atoms with Gasteiger partial charge in [0.2, 0.25) is 5.91 Å². The molecule has 1 aromatic heterocycles. The Balaban J connectivity index is 2.18. The highest BCUT2D eigenvalue weighted by Crippen LogP contribution is 2.25. The van der Waals surface area contributed by atoms with E-state index < -0.39 is 0 Å². The van der Waals surface area contributed by atoms with Crippen LogP contribution in [0.2, 0.25) is 0 Å². The van der Waals surface area contributed by atoms with Crippen LogP contribution in [0, 0.1) is 11.3 Å². The summed E-state index contributed by atoms with van der Waals surface area (Å²) >= 11 is 0. The van der Waals surface area contributed by atoms with Crippen molar-refractivity contribution in [1.82, 2.24) is 10.3 Å². The van der Waals surface area contributed by atoms with Crippen LogP contribution in [0.1, 0.15) is 43.0 Å². The number of aromatic nitrogens is 1. The zero-order valence-electron chi connectivity index (χ0n) is 12.8. The molecule has 0 spiro atoms. The van der Waals surface area contributed by atoms with Crippen molar-refractivity contribution in [3.63, 3.8) is 0 Å². The van der Waals surface area contributed by atoms with Gasteiger partial charge in [-0.05, 0) is 43.7 Å². The number of nitrogens with zero attached hydrogens (tertiary/aromatic N) is 3. The summed E-state index contributed by atoms with van der Waals surface area (Å²) in [6.07, 6.45) is 5.18. The van der Waals surface area contributed by atoms with Crippen LogP contribution < -0.4 is 10.2 Å². The fraction of sp³-hybridized carbons (Fsp3) is 0.562. The fourth-order valence-corrected chi connectivity index (χ4v) is 2.61. The molecule has 0 aromatic carbocycles. The Kier molecular flexibility index (Phi) is 5.15. The largest absolute Gasteiger partial charge is 0.355 e. The van der Waals surface area contributed by atoms with Crippen LogP contribution in [0.25, 0.3) is 0 Å². The highest BCUT2D eigenvalue weighted by Gasteiger charge is 2.18. The van der Waals surface area contributed by atoms with Gasteiger partial charge in [0.25, 0.3) is 0 Å². The van der Waals surface area contributed by atoms with Crippen molar-refractivity contribution >= 4 is 11.7 Å². The summed E-state index contributed by atoms with van der Waals surface area (Å²) in [5, 5.41) is 12.2. The summed E-state index contributed by atoms with van der Waals surface area (Å²) in [5.74, 6) is 0.576. The minimum absolute atomic E-state index is 0.0391. The van der Waals surface area contributed by atoms with E-state index in [4.69, 9.17) is 0 Å². The van der Waals surface area contributed by atoms with Gasteiger partial charge in [-0.25, -0.2) is 4.98 Å². The summed E-state index contributed by atoms with van der Waals surface area (Å²) in [4.78, 5) is 18.2. The number of nitrogens with one attached hydrogen (secondary N) is 1. The maximum absolute atomic E-state index is 11.8. The van der Waals surface area contributed by atoms with Crippen LogP contribution in [-0.4, -0.2) is 31.0 Å². The molecule has 0 fully saturated rings. The molecule has 1 N–H and O–H groups in total. The third-order valence-electron chi connectivity index (χ3n) is 3.72. The number of rotatable bonds is 5. The van der Waals surface area contributed by atoms with Gasteiger partial charge in [-0.15, -0.1) is 0 Å². The van der Waals surface area contributed by atoms with Gasteiger partial charge in [0.1, 0.15) is 11.9 Å². The number of amides is 1. The van der Waals surface area contributed by atoms with Gasteiger partial charge in [0.05, 0.1) is 12.1 Å². The number of likely N-dealkylation sites (N-methyl/N-ethyl adjacent to an activating group) is 1. The van der Waals surface area contributed by atoms with Crippen LogP contribution in [0.5, 0.6) is 0 Å². The first-order valence-electron chi connectivity index (χ1n) is 7.56. The number of nitriles is 1. The van der Waals surface area contributed by atoms with Crippen LogP contribution in [0.15, 0.2) is 6.07 Å². The molecule has 0 saturated heterocycles. The first-order valence-corrected chi connectivity index (χ1v) is 7.56. The van der Waals surface area contributed by atoms with Crippen molar-refractivity contribution in [2.45, 2.75) is 39.0 Å². The Morgan fingerprint density at radius 3 is 2.95 bits per heavy atom. The Hall–Kier alpha value is -2.09. The molecular formula is C16H22N4O. The van der Waals surface area contributed by atoms with Crippen LogP contribution in [0.4, 0.5) is 5.82 Å². The molecule has 1 heterocycles. The minimum atomic E-state index is -0.0391. The van der Waals surface area contributed by atoms with E-state index in [0.29, 0.717) is 17.9 Å². The molecule has 1 aliphatic carbocycles. The normalized spacial score (nSPS) is 13.2. The summed E-state index contributed by atoms with van der Waals surface area (Å²) in [6.45, 7) is 2.92. The highest BCUT2D eigenvalue weighted by molar-refractivity contribution is 5.81. The zero-order valence-corrected chi connectivity index (χ0v) is 12.8. The van der Waals surface area contributed by atoms with Gasteiger partial charge in [-0.1, -0.05) is 6.92 Å². The molecule has 0 radical (unpaired) electrons. The maximum Gasteiger partial charge on any atom is 0.239 e. The molecule has 1 aromatic rings. The molecular weight excluding hydrogens is 264 g/mol. The maximum atomic E-state index is 11.8. The van der Waals surface area contributed by atoms with E-state index in [1.54, 1.807) is 4.90 Å². The Labute approximate surface area is 126 Å². The van der Waals surface area contributed by atoms with Crippen LogP contribution >= 0.6 is 0 Å². The predicted molar refractivity (Wildman–Crippen MR) is 82.2 cm³/mol. The van der Waals surface area contributed by atoms with Crippen molar-refractivity contribution in [1.29, 1.82) is 5.26 Å². The van der Waals surface area contributed by atoms with Crippen molar-refractivity contribution in [2.75, 3.05) is 25.0 Å².